The van der Waals surface area contributed by atoms with Gasteiger partial charge >= 0.3 is 0 Å². The molecule has 2 nitrogen and oxygen atoms in total. The maximum atomic E-state index is 6.42. The molecule has 38 heavy (non-hydrogen) atoms. The van der Waals surface area contributed by atoms with Crippen LogP contribution >= 0.6 is 0 Å². The fourth-order valence-corrected chi connectivity index (χ4v) is 7.00. The quantitative estimate of drug-likeness (QED) is 0.243. The van der Waals surface area contributed by atoms with Crippen molar-refractivity contribution in [3.8, 4) is 44.8 Å². The number of rotatable bonds is 2. The van der Waals surface area contributed by atoms with E-state index in [9.17, 15) is 0 Å². The number of nitrogens with zero attached hydrogens (tertiary/aromatic N) is 1. The SMILES string of the molecule is CC1(C)c2cc(-c3cccc(-c4ccccc4)n3)cc3c2-c2c1ccc1ccc4oc5cccc-3c5c4c21. The van der Waals surface area contributed by atoms with Crippen molar-refractivity contribution in [2.24, 2.45) is 0 Å². The van der Waals surface area contributed by atoms with E-state index in [4.69, 9.17) is 9.40 Å². The number of benzene rings is 5. The van der Waals surface area contributed by atoms with Crippen molar-refractivity contribution in [3.63, 3.8) is 0 Å². The Bertz CT molecular complexity index is 2150. The molecule has 0 bridgehead atoms. The van der Waals surface area contributed by atoms with Gasteiger partial charge in [0.05, 0.1) is 11.4 Å². The largest absolute Gasteiger partial charge is 0.456 e. The Hall–Kier alpha value is -4.69. The van der Waals surface area contributed by atoms with Gasteiger partial charge in [0.2, 0.25) is 0 Å². The van der Waals surface area contributed by atoms with Crippen LogP contribution in [0.5, 0.6) is 0 Å². The highest BCUT2D eigenvalue weighted by Crippen LogP contribution is 2.59. The van der Waals surface area contributed by atoms with E-state index in [2.05, 4.69) is 111 Å². The maximum Gasteiger partial charge on any atom is 0.136 e. The fraction of sp³-hybridized carbons (Fsp3) is 0.0833. The van der Waals surface area contributed by atoms with Crippen LogP contribution in [0.25, 0.3) is 77.5 Å². The van der Waals surface area contributed by atoms with E-state index >= 15 is 0 Å². The maximum absolute atomic E-state index is 6.42. The van der Waals surface area contributed by atoms with Gasteiger partial charge in [0, 0.05) is 32.7 Å². The normalized spacial score (nSPS) is 14.3. The van der Waals surface area contributed by atoms with Crippen LogP contribution in [-0.2, 0) is 5.41 Å². The first-order chi connectivity index (χ1) is 18.6. The molecule has 2 heterocycles. The summed E-state index contributed by atoms with van der Waals surface area (Å²) in [6, 6.07) is 37.0. The smallest absolute Gasteiger partial charge is 0.136 e. The lowest BCUT2D eigenvalue weighted by molar-refractivity contribution is 0.661. The van der Waals surface area contributed by atoms with Crippen molar-refractivity contribution < 1.29 is 4.42 Å². The molecule has 0 aliphatic heterocycles. The van der Waals surface area contributed by atoms with Crippen molar-refractivity contribution in [3.05, 3.63) is 114 Å². The van der Waals surface area contributed by atoms with Crippen molar-refractivity contribution in [2.75, 3.05) is 0 Å². The summed E-state index contributed by atoms with van der Waals surface area (Å²) in [6.07, 6.45) is 0. The van der Waals surface area contributed by atoms with Gasteiger partial charge in [0.15, 0.2) is 0 Å². The number of pyridine rings is 1. The Kier molecular flexibility index (Phi) is 3.64. The summed E-state index contributed by atoms with van der Waals surface area (Å²) in [5.74, 6) is 0. The highest BCUT2D eigenvalue weighted by atomic mass is 16.3. The lowest BCUT2D eigenvalue weighted by Crippen LogP contribution is -2.15. The summed E-state index contributed by atoms with van der Waals surface area (Å²) < 4.78 is 6.42. The molecule has 0 unspecified atom stereocenters. The van der Waals surface area contributed by atoms with Gasteiger partial charge in [-0.2, -0.15) is 0 Å². The molecule has 0 saturated carbocycles. The number of furan rings is 1. The molecular weight excluding hydrogens is 462 g/mol. The average Bonchev–Trinajstić information content (AvgIpc) is 3.41. The van der Waals surface area contributed by atoms with Gasteiger partial charge < -0.3 is 4.42 Å². The van der Waals surface area contributed by atoms with Crippen molar-refractivity contribution in [1.82, 2.24) is 4.98 Å². The van der Waals surface area contributed by atoms with E-state index in [1.807, 2.05) is 6.07 Å². The van der Waals surface area contributed by atoms with Crippen LogP contribution in [0.1, 0.15) is 25.0 Å². The van der Waals surface area contributed by atoms with E-state index < -0.39 is 0 Å². The zero-order chi connectivity index (χ0) is 25.2. The van der Waals surface area contributed by atoms with Crippen LogP contribution in [0.3, 0.4) is 0 Å². The standard InChI is InChI=1S/C36H23NO/c1-36(2)25-16-14-21-15-17-30-35-31(21)34(25)32-24(23-10-6-13-29(38-30)33(23)35)18-22(19-26(32)36)28-12-7-11-27(37-28)20-8-4-3-5-9-20/h3-19H,1-2H3. The molecule has 0 amide bonds. The van der Waals surface area contributed by atoms with Crippen molar-refractivity contribution in [1.29, 1.82) is 0 Å². The summed E-state index contributed by atoms with van der Waals surface area (Å²) in [5, 5.41) is 5.06. The van der Waals surface area contributed by atoms with Crippen LogP contribution in [0.4, 0.5) is 0 Å². The molecule has 2 aromatic heterocycles. The highest BCUT2D eigenvalue weighted by Gasteiger charge is 2.40. The van der Waals surface area contributed by atoms with Crippen LogP contribution in [0.15, 0.2) is 108 Å². The molecule has 7 aromatic rings. The molecule has 0 saturated heterocycles. The number of fused-ring (bicyclic) bond motifs is 1. The van der Waals surface area contributed by atoms with Crippen LogP contribution in [-0.4, -0.2) is 4.98 Å². The fourth-order valence-electron chi connectivity index (χ4n) is 7.00. The molecule has 178 valence electrons. The minimum absolute atomic E-state index is 0.127. The Morgan fingerprint density at radius 1 is 0.553 bits per heavy atom. The molecule has 2 heteroatoms. The van der Waals surface area contributed by atoms with E-state index in [1.54, 1.807) is 0 Å². The minimum Gasteiger partial charge on any atom is -0.456 e. The first-order valence-corrected chi connectivity index (χ1v) is 13.2. The van der Waals surface area contributed by atoms with Crippen LogP contribution in [0.2, 0.25) is 0 Å². The molecule has 0 fully saturated rings. The third-order valence-corrected chi connectivity index (χ3v) is 8.78. The van der Waals surface area contributed by atoms with Crippen LogP contribution in [0, 0.1) is 0 Å². The Balaban J connectivity index is 1.43. The summed E-state index contributed by atoms with van der Waals surface area (Å²) >= 11 is 0. The molecule has 5 aromatic carbocycles. The molecule has 2 aliphatic rings. The molecule has 0 radical (unpaired) electrons. The zero-order valence-corrected chi connectivity index (χ0v) is 21.2. The van der Waals surface area contributed by atoms with Gasteiger partial charge in [-0.3, -0.25) is 0 Å². The first kappa shape index (κ1) is 20.4. The first-order valence-electron chi connectivity index (χ1n) is 13.2. The predicted octanol–water partition coefficient (Wildman–Crippen LogP) is 9.75. The summed E-state index contributed by atoms with van der Waals surface area (Å²) in [5.41, 5.74) is 14.1. The van der Waals surface area contributed by atoms with E-state index in [0.29, 0.717) is 0 Å². The number of hydrogen-bond donors (Lipinski definition) is 0. The topological polar surface area (TPSA) is 26.0 Å². The second-order valence-corrected chi connectivity index (χ2v) is 11.2. The average molecular weight is 486 g/mol. The van der Waals surface area contributed by atoms with E-state index in [-0.39, 0.29) is 5.41 Å². The van der Waals surface area contributed by atoms with Gasteiger partial charge in [0.25, 0.3) is 0 Å². The van der Waals surface area contributed by atoms with E-state index in [0.717, 1.165) is 33.7 Å². The molecule has 2 aliphatic carbocycles. The summed E-state index contributed by atoms with van der Waals surface area (Å²) in [7, 11) is 0. The van der Waals surface area contributed by atoms with Crippen molar-refractivity contribution in [2.45, 2.75) is 19.3 Å². The lowest BCUT2D eigenvalue weighted by atomic mass is 9.80. The Morgan fingerprint density at radius 2 is 1.32 bits per heavy atom. The highest BCUT2D eigenvalue weighted by molar-refractivity contribution is 6.30. The predicted molar refractivity (Wildman–Crippen MR) is 156 cm³/mol. The Labute approximate surface area is 220 Å². The number of hydrogen-bond acceptors (Lipinski definition) is 2. The van der Waals surface area contributed by atoms with Crippen LogP contribution < -0.4 is 0 Å². The molecule has 9 rings (SSSR count). The van der Waals surface area contributed by atoms with Gasteiger partial charge in [0.1, 0.15) is 11.2 Å². The summed E-state index contributed by atoms with van der Waals surface area (Å²) in [4.78, 5) is 5.14. The molecular formula is C36H23NO. The molecule has 0 N–H and O–H groups in total. The monoisotopic (exact) mass is 485 g/mol. The third-order valence-electron chi connectivity index (χ3n) is 8.78. The van der Waals surface area contributed by atoms with Gasteiger partial charge in [-0.25, -0.2) is 4.98 Å². The summed E-state index contributed by atoms with van der Waals surface area (Å²) in [6.45, 7) is 4.73. The zero-order valence-electron chi connectivity index (χ0n) is 21.2. The van der Waals surface area contributed by atoms with E-state index in [1.165, 1.54) is 54.9 Å². The van der Waals surface area contributed by atoms with Crippen molar-refractivity contribution >= 4 is 32.7 Å². The molecule has 0 atom stereocenters. The van der Waals surface area contributed by atoms with Gasteiger partial charge in [-0.1, -0.05) is 80.6 Å². The van der Waals surface area contributed by atoms with Gasteiger partial charge in [-0.15, -0.1) is 0 Å². The third kappa shape index (κ3) is 2.41. The molecule has 0 spiro atoms. The second kappa shape index (κ2) is 6.79. The number of aromatic nitrogens is 1. The Morgan fingerprint density at radius 3 is 2.18 bits per heavy atom. The lowest BCUT2D eigenvalue weighted by Gasteiger charge is -2.23. The van der Waals surface area contributed by atoms with Gasteiger partial charge in [-0.05, 0) is 75.2 Å². The second-order valence-electron chi connectivity index (χ2n) is 11.2. The minimum atomic E-state index is -0.127.